The first-order valence-corrected chi connectivity index (χ1v) is 9.63. The largest absolute Gasteiger partial charge is 0.334 e. The molecular formula is C24H21FN3O2+. The summed E-state index contributed by atoms with van der Waals surface area (Å²) < 4.78 is 14.9. The lowest BCUT2D eigenvalue weighted by molar-refractivity contribution is -0.596. The number of carbonyl (C=O) groups excluding carboxylic acids is 2. The number of amides is 2. The number of carbonyl (C=O) groups is 2. The van der Waals surface area contributed by atoms with Crippen molar-refractivity contribution in [2.75, 3.05) is 0 Å². The quantitative estimate of drug-likeness (QED) is 0.659. The second kappa shape index (κ2) is 8.29. The average Bonchev–Trinajstić information content (AvgIpc) is 3.05. The van der Waals surface area contributed by atoms with Crippen molar-refractivity contribution >= 4 is 18.0 Å². The summed E-state index contributed by atoms with van der Waals surface area (Å²) in [5, 5.41) is 2.80. The second-order valence-electron chi connectivity index (χ2n) is 7.24. The maximum atomic E-state index is 13.2. The fourth-order valence-corrected chi connectivity index (χ4v) is 3.47. The van der Waals surface area contributed by atoms with Crippen molar-refractivity contribution in [2.45, 2.75) is 19.0 Å². The molecule has 5 nitrogen and oxygen atoms in total. The Morgan fingerprint density at radius 2 is 1.67 bits per heavy atom. The van der Waals surface area contributed by atoms with Crippen LogP contribution in [0, 0.1) is 12.7 Å². The monoisotopic (exact) mass is 402 g/mol. The Morgan fingerprint density at radius 3 is 2.33 bits per heavy atom. The Bertz CT molecular complexity index is 1090. The molecule has 6 heteroatoms. The summed E-state index contributed by atoms with van der Waals surface area (Å²) >= 11 is 0. The van der Waals surface area contributed by atoms with Crippen LogP contribution in [0.4, 0.5) is 4.39 Å². The molecule has 0 aliphatic carbocycles. The molecule has 0 unspecified atom stereocenters. The summed E-state index contributed by atoms with van der Waals surface area (Å²) in [6.45, 7) is 2.01. The van der Waals surface area contributed by atoms with Gasteiger partial charge >= 0.3 is 5.91 Å². The van der Waals surface area contributed by atoms with Gasteiger partial charge in [0.15, 0.2) is 6.04 Å². The van der Waals surface area contributed by atoms with Crippen molar-refractivity contribution in [3.63, 3.8) is 0 Å². The number of aryl methyl sites for hydroxylation is 1. The SMILES string of the molecule is Cc1ccc(/C=[N+]2\NC(=O)[C@@H](NC(=O)c3ccc(F)cc3)[C@@H]2c2ccccc2)cc1. The van der Waals surface area contributed by atoms with Crippen molar-refractivity contribution in [1.29, 1.82) is 0 Å². The molecule has 2 amide bonds. The third-order valence-corrected chi connectivity index (χ3v) is 5.04. The highest BCUT2D eigenvalue weighted by Gasteiger charge is 2.47. The summed E-state index contributed by atoms with van der Waals surface area (Å²) in [5.41, 5.74) is 6.08. The van der Waals surface area contributed by atoms with Crippen molar-refractivity contribution in [2.24, 2.45) is 0 Å². The average molecular weight is 402 g/mol. The van der Waals surface area contributed by atoms with Gasteiger partial charge in [-0.25, -0.2) is 4.39 Å². The standard InChI is InChI=1S/C24H20FN3O2/c1-16-7-9-17(10-8-16)15-28-22(18-5-3-2-4-6-18)21(24(30)27-28)26-23(29)19-11-13-20(25)14-12-19/h2-15,21-22H,1H3,(H-,26,27,29,30)/p+1/b28-15-/t21-,22-/m0/s1. The van der Waals surface area contributed by atoms with E-state index in [0.29, 0.717) is 0 Å². The number of hydrogen-bond acceptors (Lipinski definition) is 2. The Labute approximate surface area is 173 Å². The zero-order chi connectivity index (χ0) is 21.1. The fraction of sp³-hybridized carbons (Fsp3) is 0.125. The second-order valence-corrected chi connectivity index (χ2v) is 7.24. The van der Waals surface area contributed by atoms with Crippen molar-refractivity contribution in [3.8, 4) is 0 Å². The van der Waals surface area contributed by atoms with E-state index in [0.717, 1.165) is 16.7 Å². The van der Waals surface area contributed by atoms with E-state index in [4.69, 9.17) is 0 Å². The summed E-state index contributed by atoms with van der Waals surface area (Å²) in [7, 11) is 0. The zero-order valence-corrected chi connectivity index (χ0v) is 16.4. The van der Waals surface area contributed by atoms with Crippen molar-refractivity contribution in [1.82, 2.24) is 10.7 Å². The number of nitrogens with one attached hydrogen (secondary N) is 2. The third kappa shape index (κ3) is 4.12. The highest BCUT2D eigenvalue weighted by Crippen LogP contribution is 2.25. The van der Waals surface area contributed by atoms with Crippen LogP contribution >= 0.6 is 0 Å². The number of hydrazone groups is 1. The molecule has 3 aromatic rings. The van der Waals surface area contributed by atoms with Gasteiger partial charge in [-0.1, -0.05) is 48.0 Å². The molecule has 0 aromatic heterocycles. The van der Waals surface area contributed by atoms with Gasteiger partial charge in [0.05, 0.1) is 0 Å². The molecule has 150 valence electrons. The van der Waals surface area contributed by atoms with E-state index < -0.39 is 23.8 Å². The highest BCUT2D eigenvalue weighted by molar-refractivity contribution is 5.98. The van der Waals surface area contributed by atoms with Gasteiger partial charge in [-0.2, -0.15) is 0 Å². The van der Waals surface area contributed by atoms with Crippen LogP contribution in [-0.4, -0.2) is 28.8 Å². The number of hydrogen-bond donors (Lipinski definition) is 2. The van der Waals surface area contributed by atoms with E-state index in [1.54, 1.807) is 4.68 Å². The first-order valence-electron chi connectivity index (χ1n) is 9.63. The van der Waals surface area contributed by atoms with Gasteiger partial charge in [-0.3, -0.25) is 9.59 Å². The molecule has 1 aliphatic rings. The van der Waals surface area contributed by atoms with Gasteiger partial charge < -0.3 is 5.32 Å². The van der Waals surface area contributed by atoms with E-state index in [2.05, 4.69) is 10.7 Å². The molecule has 0 radical (unpaired) electrons. The smallest absolute Gasteiger partial charge is 0.304 e. The Balaban J connectivity index is 1.68. The minimum absolute atomic E-state index is 0.289. The molecular weight excluding hydrogens is 381 g/mol. The van der Waals surface area contributed by atoms with E-state index in [-0.39, 0.29) is 11.5 Å². The minimum atomic E-state index is -0.813. The topological polar surface area (TPSA) is 61.2 Å². The maximum absolute atomic E-state index is 13.2. The third-order valence-electron chi connectivity index (χ3n) is 5.04. The zero-order valence-electron chi connectivity index (χ0n) is 16.4. The highest BCUT2D eigenvalue weighted by atomic mass is 19.1. The van der Waals surface area contributed by atoms with Crippen LogP contribution in [0.2, 0.25) is 0 Å². The number of halogens is 1. The predicted molar refractivity (Wildman–Crippen MR) is 112 cm³/mol. The number of benzene rings is 3. The minimum Gasteiger partial charge on any atom is -0.334 e. The summed E-state index contributed by atoms with van der Waals surface area (Å²) in [5.74, 6) is -1.18. The normalized spacial score (nSPS) is 19.5. The molecule has 3 aromatic carbocycles. The lowest BCUT2D eigenvalue weighted by atomic mass is 10.00. The van der Waals surface area contributed by atoms with Gasteiger partial charge in [0.2, 0.25) is 12.3 Å². The Hall–Kier alpha value is -3.80. The molecule has 4 rings (SSSR count). The van der Waals surface area contributed by atoms with Crippen LogP contribution in [0.1, 0.15) is 33.1 Å². The molecule has 1 saturated heterocycles. The maximum Gasteiger partial charge on any atom is 0.304 e. The predicted octanol–water partition coefficient (Wildman–Crippen LogP) is 3.15. The van der Waals surface area contributed by atoms with Gasteiger partial charge in [-0.05, 0) is 43.3 Å². The van der Waals surface area contributed by atoms with Crippen LogP contribution < -0.4 is 10.7 Å². The number of hydrazine groups is 1. The van der Waals surface area contributed by atoms with E-state index >= 15 is 0 Å². The lowest BCUT2D eigenvalue weighted by Gasteiger charge is -2.14. The van der Waals surface area contributed by atoms with Gasteiger partial charge in [0.25, 0.3) is 5.91 Å². The van der Waals surface area contributed by atoms with Crippen LogP contribution in [0.15, 0.2) is 78.9 Å². The van der Waals surface area contributed by atoms with Gasteiger partial charge in [0.1, 0.15) is 5.82 Å². The Morgan fingerprint density at radius 1 is 1.00 bits per heavy atom. The van der Waals surface area contributed by atoms with Crippen LogP contribution in [-0.2, 0) is 4.79 Å². The molecule has 1 fully saturated rings. The molecule has 0 saturated carbocycles. The van der Waals surface area contributed by atoms with Crippen molar-refractivity contribution in [3.05, 3.63) is 107 Å². The van der Waals surface area contributed by atoms with Crippen LogP contribution in [0.25, 0.3) is 0 Å². The molecule has 2 N–H and O–H groups in total. The number of nitrogens with zero attached hydrogens (tertiary/aromatic N) is 1. The van der Waals surface area contributed by atoms with Crippen molar-refractivity contribution < 1.29 is 18.7 Å². The summed E-state index contributed by atoms with van der Waals surface area (Å²) in [6.07, 6.45) is 1.85. The molecule has 2 atom stereocenters. The molecule has 0 bridgehead atoms. The molecule has 0 spiro atoms. The molecule has 1 aliphatic heterocycles. The van der Waals surface area contributed by atoms with E-state index in [1.165, 1.54) is 24.3 Å². The Kier molecular flexibility index (Phi) is 5.39. The van der Waals surface area contributed by atoms with E-state index in [9.17, 15) is 14.0 Å². The fourth-order valence-electron chi connectivity index (χ4n) is 3.47. The number of rotatable bonds is 4. The first-order chi connectivity index (χ1) is 14.5. The van der Waals surface area contributed by atoms with Crippen LogP contribution in [0.3, 0.4) is 0 Å². The van der Waals surface area contributed by atoms with Gasteiger partial charge in [0, 0.05) is 16.7 Å². The summed E-state index contributed by atoms with van der Waals surface area (Å²) in [4.78, 5) is 25.5. The van der Waals surface area contributed by atoms with Gasteiger partial charge in [-0.15, -0.1) is 10.1 Å². The molecule has 1 heterocycles. The van der Waals surface area contributed by atoms with Crippen LogP contribution in [0.5, 0.6) is 0 Å². The first kappa shape index (κ1) is 19.5. The summed E-state index contributed by atoms with van der Waals surface area (Å²) in [6, 6.07) is 21.4. The molecule has 30 heavy (non-hydrogen) atoms. The lowest BCUT2D eigenvalue weighted by Crippen LogP contribution is -2.42. The van der Waals surface area contributed by atoms with E-state index in [1.807, 2.05) is 67.7 Å².